The van der Waals surface area contributed by atoms with Crippen LogP contribution in [0.5, 0.6) is 0 Å². The molecule has 1 heterocycles. The molecule has 5 nitrogen and oxygen atoms in total. The van der Waals surface area contributed by atoms with Crippen molar-refractivity contribution < 1.29 is 14.0 Å². The highest BCUT2D eigenvalue weighted by Crippen LogP contribution is 2.27. The molecule has 3 rings (SSSR count). The average Bonchev–Trinajstić information content (AvgIpc) is 3.31. The molecule has 0 spiro atoms. The molecule has 0 aliphatic rings. The fourth-order valence-corrected chi connectivity index (χ4v) is 3.50. The number of carbonyl (C=O) groups excluding carboxylic acids is 2. The molecule has 1 aromatic heterocycles. The lowest BCUT2D eigenvalue weighted by Crippen LogP contribution is -2.49. The number of benzene rings is 2. The molecule has 1 unspecified atom stereocenters. The number of amides is 2. The first kappa shape index (κ1) is 21.4. The minimum atomic E-state index is -0.630. The molecule has 5 heteroatoms. The first-order chi connectivity index (χ1) is 14.6. The van der Waals surface area contributed by atoms with E-state index in [0.717, 1.165) is 6.42 Å². The summed E-state index contributed by atoms with van der Waals surface area (Å²) in [5, 5.41) is 5.78. The Morgan fingerprint density at radius 2 is 1.47 bits per heavy atom. The molecule has 0 saturated heterocycles. The van der Waals surface area contributed by atoms with E-state index in [1.54, 1.807) is 12.1 Å². The number of hydrogen-bond donors (Lipinski definition) is 2. The molecule has 0 aliphatic carbocycles. The van der Waals surface area contributed by atoms with E-state index in [0.29, 0.717) is 6.54 Å². The Hall–Kier alpha value is -3.34. The van der Waals surface area contributed by atoms with Gasteiger partial charge in [-0.1, -0.05) is 74.5 Å². The third-order valence-corrected chi connectivity index (χ3v) is 5.12. The number of rotatable bonds is 9. The van der Waals surface area contributed by atoms with Gasteiger partial charge in [-0.2, -0.15) is 0 Å². The van der Waals surface area contributed by atoms with E-state index in [1.165, 1.54) is 17.4 Å². The SMILES string of the molecule is CC(C)C(NC(=O)c1ccco1)C(=O)NCCC(c1ccccc1)c1ccccc1. The van der Waals surface area contributed by atoms with Gasteiger partial charge in [-0.3, -0.25) is 9.59 Å². The Balaban J connectivity index is 1.63. The second-order valence-electron chi connectivity index (χ2n) is 7.63. The molecule has 1 atom stereocenters. The van der Waals surface area contributed by atoms with E-state index in [4.69, 9.17) is 4.42 Å². The third kappa shape index (κ3) is 5.60. The van der Waals surface area contributed by atoms with Crippen LogP contribution in [0.15, 0.2) is 83.5 Å². The molecular weight excluding hydrogens is 376 g/mol. The normalized spacial score (nSPS) is 12.0. The summed E-state index contributed by atoms with van der Waals surface area (Å²) in [7, 11) is 0. The maximum atomic E-state index is 12.8. The van der Waals surface area contributed by atoms with Gasteiger partial charge in [0.15, 0.2) is 5.76 Å². The van der Waals surface area contributed by atoms with Crippen molar-refractivity contribution >= 4 is 11.8 Å². The van der Waals surface area contributed by atoms with Crippen molar-refractivity contribution in [2.24, 2.45) is 5.92 Å². The maximum absolute atomic E-state index is 12.8. The van der Waals surface area contributed by atoms with Crippen LogP contribution in [-0.2, 0) is 4.79 Å². The summed E-state index contributed by atoms with van der Waals surface area (Å²) < 4.78 is 5.12. The summed E-state index contributed by atoms with van der Waals surface area (Å²) in [6, 6.07) is 23.2. The molecule has 30 heavy (non-hydrogen) atoms. The van der Waals surface area contributed by atoms with E-state index < -0.39 is 6.04 Å². The number of carbonyl (C=O) groups is 2. The molecule has 0 saturated carbocycles. The Kier molecular flexibility index (Phi) is 7.44. The van der Waals surface area contributed by atoms with E-state index in [1.807, 2.05) is 50.2 Å². The van der Waals surface area contributed by atoms with Gasteiger partial charge in [0.1, 0.15) is 6.04 Å². The van der Waals surface area contributed by atoms with Gasteiger partial charge in [0.25, 0.3) is 5.91 Å². The van der Waals surface area contributed by atoms with Crippen molar-refractivity contribution in [3.05, 3.63) is 95.9 Å². The Labute approximate surface area is 177 Å². The largest absolute Gasteiger partial charge is 0.459 e. The van der Waals surface area contributed by atoms with Crippen LogP contribution >= 0.6 is 0 Å². The highest BCUT2D eigenvalue weighted by atomic mass is 16.3. The van der Waals surface area contributed by atoms with Crippen molar-refractivity contribution in [2.45, 2.75) is 32.2 Å². The zero-order chi connectivity index (χ0) is 21.3. The van der Waals surface area contributed by atoms with Crippen LogP contribution < -0.4 is 10.6 Å². The monoisotopic (exact) mass is 404 g/mol. The van der Waals surface area contributed by atoms with Crippen LogP contribution in [0.2, 0.25) is 0 Å². The Morgan fingerprint density at radius 1 is 0.867 bits per heavy atom. The first-order valence-electron chi connectivity index (χ1n) is 10.3. The fraction of sp³-hybridized carbons (Fsp3) is 0.280. The summed E-state index contributed by atoms with van der Waals surface area (Å²) in [5.74, 6) is -0.252. The highest BCUT2D eigenvalue weighted by molar-refractivity contribution is 5.95. The predicted molar refractivity (Wildman–Crippen MR) is 117 cm³/mol. The zero-order valence-electron chi connectivity index (χ0n) is 17.4. The van der Waals surface area contributed by atoms with Crippen LogP contribution in [0.1, 0.15) is 47.9 Å². The van der Waals surface area contributed by atoms with Crippen LogP contribution in [-0.4, -0.2) is 24.4 Å². The third-order valence-electron chi connectivity index (χ3n) is 5.12. The van der Waals surface area contributed by atoms with Crippen molar-refractivity contribution in [3.63, 3.8) is 0 Å². The second kappa shape index (κ2) is 10.4. The molecule has 0 radical (unpaired) electrons. The smallest absolute Gasteiger partial charge is 0.287 e. The quantitative estimate of drug-likeness (QED) is 0.556. The van der Waals surface area contributed by atoms with Gasteiger partial charge in [0.2, 0.25) is 5.91 Å². The Morgan fingerprint density at radius 3 is 1.97 bits per heavy atom. The average molecular weight is 405 g/mol. The molecule has 3 aromatic rings. The van der Waals surface area contributed by atoms with Gasteiger partial charge < -0.3 is 15.1 Å². The summed E-state index contributed by atoms with van der Waals surface area (Å²) in [4.78, 5) is 25.1. The molecule has 2 amide bonds. The van der Waals surface area contributed by atoms with Gasteiger partial charge in [0.05, 0.1) is 6.26 Å². The van der Waals surface area contributed by atoms with Crippen LogP contribution in [0.25, 0.3) is 0 Å². The molecule has 0 bridgehead atoms. The molecule has 0 fully saturated rings. The molecule has 0 aliphatic heterocycles. The van der Waals surface area contributed by atoms with Gasteiger partial charge in [-0.25, -0.2) is 0 Å². The first-order valence-corrected chi connectivity index (χ1v) is 10.3. The van der Waals surface area contributed by atoms with Gasteiger partial charge in [0, 0.05) is 12.5 Å². The topological polar surface area (TPSA) is 71.3 Å². The summed E-state index contributed by atoms with van der Waals surface area (Å²) in [5.41, 5.74) is 2.42. The summed E-state index contributed by atoms with van der Waals surface area (Å²) in [6.45, 7) is 4.32. The van der Waals surface area contributed by atoms with E-state index in [2.05, 4.69) is 34.9 Å². The lowest BCUT2D eigenvalue weighted by atomic mass is 9.88. The number of hydrogen-bond acceptors (Lipinski definition) is 3. The summed E-state index contributed by atoms with van der Waals surface area (Å²) in [6.07, 6.45) is 2.20. The van der Waals surface area contributed by atoms with E-state index in [9.17, 15) is 9.59 Å². The Bertz CT molecular complexity index is 882. The van der Waals surface area contributed by atoms with Crippen molar-refractivity contribution in [2.75, 3.05) is 6.54 Å². The predicted octanol–water partition coefficient (Wildman–Crippen LogP) is 4.37. The minimum absolute atomic E-state index is 0.0528. The van der Waals surface area contributed by atoms with Crippen molar-refractivity contribution in [1.82, 2.24) is 10.6 Å². The zero-order valence-corrected chi connectivity index (χ0v) is 17.4. The lowest BCUT2D eigenvalue weighted by molar-refractivity contribution is -0.123. The fourth-order valence-electron chi connectivity index (χ4n) is 3.50. The van der Waals surface area contributed by atoms with Crippen molar-refractivity contribution in [1.29, 1.82) is 0 Å². The van der Waals surface area contributed by atoms with Crippen molar-refractivity contribution in [3.8, 4) is 0 Å². The molecule has 2 N–H and O–H groups in total. The standard InChI is InChI=1S/C25H28N2O3/c1-18(2)23(27-24(28)22-14-9-17-30-22)25(29)26-16-15-21(19-10-5-3-6-11-19)20-12-7-4-8-13-20/h3-14,17-18,21,23H,15-16H2,1-2H3,(H,26,29)(H,27,28). The molecular formula is C25H28N2O3. The van der Waals surface area contributed by atoms with Crippen LogP contribution in [0, 0.1) is 5.92 Å². The molecule has 156 valence electrons. The van der Waals surface area contributed by atoms with Crippen LogP contribution in [0.3, 0.4) is 0 Å². The summed E-state index contributed by atoms with van der Waals surface area (Å²) >= 11 is 0. The molecule has 2 aromatic carbocycles. The minimum Gasteiger partial charge on any atom is -0.459 e. The lowest BCUT2D eigenvalue weighted by Gasteiger charge is -2.23. The van der Waals surface area contributed by atoms with Crippen LogP contribution in [0.4, 0.5) is 0 Å². The number of nitrogens with one attached hydrogen (secondary N) is 2. The second-order valence-corrected chi connectivity index (χ2v) is 7.63. The van der Waals surface area contributed by atoms with Gasteiger partial charge in [-0.15, -0.1) is 0 Å². The van der Waals surface area contributed by atoms with E-state index in [-0.39, 0.29) is 29.4 Å². The highest BCUT2D eigenvalue weighted by Gasteiger charge is 2.25. The number of furan rings is 1. The van der Waals surface area contributed by atoms with Gasteiger partial charge in [-0.05, 0) is 35.6 Å². The van der Waals surface area contributed by atoms with E-state index >= 15 is 0 Å². The maximum Gasteiger partial charge on any atom is 0.287 e. The van der Waals surface area contributed by atoms with Gasteiger partial charge >= 0.3 is 0 Å².